The van der Waals surface area contributed by atoms with E-state index in [1.54, 1.807) is 0 Å². The molecule has 2 rings (SSSR count). The van der Waals surface area contributed by atoms with Crippen LogP contribution in [0.4, 0.5) is 32.0 Å². The summed E-state index contributed by atoms with van der Waals surface area (Å²) < 4.78 is 77.7. The predicted octanol–water partition coefficient (Wildman–Crippen LogP) is 4.06. The Balaban J connectivity index is 2.02. The Morgan fingerprint density at radius 3 is 2.26 bits per heavy atom. The molecule has 2 N–H and O–H groups in total. The van der Waals surface area contributed by atoms with Crippen LogP contribution < -0.4 is 10.2 Å². The topological polar surface area (TPSA) is 52.6 Å². The summed E-state index contributed by atoms with van der Waals surface area (Å²) in [4.78, 5) is 11.9. The van der Waals surface area contributed by atoms with Crippen LogP contribution in [0.25, 0.3) is 0 Å². The molecule has 11 heteroatoms. The lowest BCUT2D eigenvalue weighted by Crippen LogP contribution is -2.32. The second kappa shape index (κ2) is 8.59. The van der Waals surface area contributed by atoms with Gasteiger partial charge in [0.2, 0.25) is 0 Å². The van der Waals surface area contributed by atoms with Gasteiger partial charge < -0.3 is 15.3 Å². The molecule has 1 fully saturated rings. The first-order valence-electron chi connectivity index (χ1n) is 8.04. The number of nitrogens with zero attached hydrogens (tertiary/aromatic N) is 1. The highest BCUT2D eigenvalue weighted by molar-refractivity contribution is 7.99. The molecule has 152 valence electrons. The van der Waals surface area contributed by atoms with Gasteiger partial charge in [0, 0.05) is 36.4 Å². The van der Waals surface area contributed by atoms with Gasteiger partial charge in [0.25, 0.3) is 0 Å². The second-order valence-electron chi connectivity index (χ2n) is 6.10. The monoisotopic (exact) mass is 416 g/mol. The number of hydrogen-bond acceptors (Lipinski definition) is 4. The molecule has 1 atom stereocenters. The minimum Gasteiger partial charge on any atom is -0.481 e. The lowest BCUT2D eigenvalue weighted by molar-refractivity contribution is -0.143. The highest BCUT2D eigenvalue weighted by atomic mass is 32.2. The van der Waals surface area contributed by atoms with Crippen molar-refractivity contribution < 1.29 is 36.2 Å². The third-order valence-corrected chi connectivity index (χ3v) is 4.92. The summed E-state index contributed by atoms with van der Waals surface area (Å²) in [6.45, 7) is 0.605. The number of aliphatic carboxylic acids is 1. The number of carboxylic acids is 1. The van der Waals surface area contributed by atoms with E-state index in [9.17, 15) is 31.1 Å². The molecule has 1 saturated heterocycles. The number of hydrogen-bond donors (Lipinski definition) is 2. The van der Waals surface area contributed by atoms with Gasteiger partial charge in [-0.1, -0.05) is 0 Å². The van der Waals surface area contributed by atoms with E-state index >= 15 is 0 Å². The van der Waals surface area contributed by atoms with Crippen LogP contribution in [0.3, 0.4) is 0 Å². The van der Waals surface area contributed by atoms with Gasteiger partial charge in [-0.3, -0.25) is 4.79 Å². The normalized spacial score (nSPS) is 18.1. The fourth-order valence-electron chi connectivity index (χ4n) is 2.69. The summed E-state index contributed by atoms with van der Waals surface area (Å²) in [6.07, 6.45) is -9.15. The van der Waals surface area contributed by atoms with Crippen LogP contribution >= 0.6 is 11.8 Å². The number of halogens is 6. The van der Waals surface area contributed by atoms with Crippen LogP contribution in [0.2, 0.25) is 0 Å². The van der Waals surface area contributed by atoms with Crippen molar-refractivity contribution in [1.82, 2.24) is 5.32 Å². The summed E-state index contributed by atoms with van der Waals surface area (Å²) >= 11 is 1.37. The van der Waals surface area contributed by atoms with E-state index in [1.807, 2.05) is 0 Å². The van der Waals surface area contributed by atoms with Crippen LogP contribution in [0, 0.1) is 0 Å². The van der Waals surface area contributed by atoms with Crippen LogP contribution in [-0.2, 0) is 17.1 Å². The number of carbonyl (C=O) groups is 1. The van der Waals surface area contributed by atoms with E-state index in [0.717, 1.165) is 12.1 Å². The van der Waals surface area contributed by atoms with Crippen LogP contribution in [-0.4, -0.2) is 41.8 Å². The Labute approximate surface area is 155 Å². The van der Waals surface area contributed by atoms with E-state index in [0.29, 0.717) is 24.6 Å². The standard InChI is InChI=1S/C16H18F6N2O2S/c17-15(18,19)10-5-11(16(20,21)22)7-13(6-10)24-3-1-12(8-24)23-9-27-4-2-14(25)26/h5-7,12,23H,1-4,8-9H2,(H,25,26). The van der Waals surface area contributed by atoms with Crippen molar-refractivity contribution in [1.29, 1.82) is 0 Å². The lowest BCUT2D eigenvalue weighted by atomic mass is 10.1. The molecule has 1 heterocycles. The SMILES string of the molecule is O=C(O)CCSCNC1CCN(c2cc(C(F)(F)F)cc(C(F)(F)F)c2)C1. The molecule has 0 saturated carbocycles. The quantitative estimate of drug-likeness (QED) is 0.399. The largest absolute Gasteiger partial charge is 0.481 e. The number of benzene rings is 1. The van der Waals surface area contributed by atoms with Crippen molar-refractivity contribution in [3.8, 4) is 0 Å². The number of alkyl halides is 6. The molecule has 27 heavy (non-hydrogen) atoms. The average molecular weight is 416 g/mol. The zero-order valence-electron chi connectivity index (χ0n) is 14.0. The summed E-state index contributed by atoms with van der Waals surface area (Å²) in [7, 11) is 0. The molecule has 1 aliphatic heterocycles. The zero-order valence-corrected chi connectivity index (χ0v) is 14.8. The molecular formula is C16H18F6N2O2S. The first-order valence-corrected chi connectivity index (χ1v) is 9.19. The van der Waals surface area contributed by atoms with Crippen LogP contribution in [0.1, 0.15) is 24.0 Å². The van der Waals surface area contributed by atoms with Gasteiger partial charge in [0.1, 0.15) is 0 Å². The van der Waals surface area contributed by atoms with Crippen molar-refractivity contribution in [3.05, 3.63) is 29.3 Å². The Hall–Kier alpha value is -1.62. The molecule has 0 bridgehead atoms. The van der Waals surface area contributed by atoms with E-state index < -0.39 is 29.4 Å². The molecule has 1 aliphatic rings. The first-order chi connectivity index (χ1) is 12.5. The third-order valence-electron chi connectivity index (χ3n) is 4.06. The number of thioether (sulfide) groups is 1. The van der Waals surface area contributed by atoms with Gasteiger partial charge >= 0.3 is 18.3 Å². The van der Waals surface area contributed by atoms with Gasteiger partial charge in [-0.15, -0.1) is 11.8 Å². The van der Waals surface area contributed by atoms with E-state index in [1.165, 1.54) is 16.7 Å². The van der Waals surface area contributed by atoms with Crippen LogP contribution in [0.15, 0.2) is 18.2 Å². The Bertz CT molecular complexity index is 633. The zero-order chi connectivity index (χ0) is 20.2. The lowest BCUT2D eigenvalue weighted by Gasteiger charge is -2.22. The van der Waals surface area contributed by atoms with Crippen molar-refractivity contribution in [2.75, 3.05) is 29.6 Å². The molecule has 4 nitrogen and oxygen atoms in total. The summed E-state index contributed by atoms with van der Waals surface area (Å²) in [5, 5.41) is 11.7. The highest BCUT2D eigenvalue weighted by Gasteiger charge is 2.38. The predicted molar refractivity (Wildman–Crippen MR) is 89.8 cm³/mol. The maximum Gasteiger partial charge on any atom is 0.416 e. The van der Waals surface area contributed by atoms with E-state index in [-0.39, 0.29) is 30.8 Å². The van der Waals surface area contributed by atoms with Gasteiger partial charge in [-0.25, -0.2) is 0 Å². The molecule has 1 aromatic rings. The maximum absolute atomic E-state index is 13.0. The molecule has 1 unspecified atom stereocenters. The summed E-state index contributed by atoms with van der Waals surface area (Å²) in [5.41, 5.74) is -2.76. The fourth-order valence-corrected chi connectivity index (χ4v) is 3.51. The highest BCUT2D eigenvalue weighted by Crippen LogP contribution is 2.38. The minimum atomic E-state index is -4.87. The van der Waals surface area contributed by atoms with Crippen LogP contribution in [0.5, 0.6) is 0 Å². The van der Waals surface area contributed by atoms with Crippen molar-refractivity contribution in [2.24, 2.45) is 0 Å². The molecule has 0 aliphatic carbocycles. The smallest absolute Gasteiger partial charge is 0.416 e. The Morgan fingerprint density at radius 2 is 1.74 bits per heavy atom. The average Bonchev–Trinajstić information content (AvgIpc) is 3.01. The summed E-state index contributed by atoms with van der Waals surface area (Å²) in [6, 6.07) is 1.50. The molecule has 0 amide bonds. The molecule has 0 aromatic heterocycles. The molecule has 0 radical (unpaired) electrons. The number of anilines is 1. The van der Waals surface area contributed by atoms with E-state index in [4.69, 9.17) is 5.11 Å². The third kappa shape index (κ3) is 6.49. The molecule has 0 spiro atoms. The first kappa shape index (κ1) is 21.7. The Morgan fingerprint density at radius 1 is 1.15 bits per heavy atom. The number of nitrogens with one attached hydrogen (secondary N) is 1. The number of rotatable bonds is 7. The van der Waals surface area contributed by atoms with Crippen molar-refractivity contribution >= 4 is 23.4 Å². The maximum atomic E-state index is 13.0. The Kier molecular flexibility index (Phi) is 6.90. The van der Waals surface area contributed by atoms with Gasteiger partial charge in [-0.05, 0) is 24.6 Å². The minimum absolute atomic E-state index is 0.0214. The van der Waals surface area contributed by atoms with Gasteiger partial charge in [0.05, 0.1) is 17.5 Å². The van der Waals surface area contributed by atoms with Crippen molar-refractivity contribution in [2.45, 2.75) is 31.2 Å². The second-order valence-corrected chi connectivity index (χ2v) is 7.20. The summed E-state index contributed by atoms with van der Waals surface area (Å²) in [5.74, 6) is -0.0247. The van der Waals surface area contributed by atoms with Crippen molar-refractivity contribution in [3.63, 3.8) is 0 Å². The number of carboxylic acid groups (broad SMARTS) is 1. The van der Waals surface area contributed by atoms with Gasteiger partial charge in [0.15, 0.2) is 0 Å². The molecule has 1 aromatic carbocycles. The van der Waals surface area contributed by atoms with Gasteiger partial charge in [-0.2, -0.15) is 26.3 Å². The molecular weight excluding hydrogens is 398 g/mol. The fraction of sp³-hybridized carbons (Fsp3) is 0.562. The van der Waals surface area contributed by atoms with E-state index in [2.05, 4.69) is 5.32 Å².